The van der Waals surface area contributed by atoms with Gasteiger partial charge >= 0.3 is 0 Å². The number of halogens is 1. The summed E-state index contributed by atoms with van der Waals surface area (Å²) in [5.74, 6) is 1.42. The Labute approximate surface area is 193 Å². The lowest BCUT2D eigenvalue weighted by Gasteiger charge is -2.32. The van der Waals surface area contributed by atoms with E-state index in [1.807, 2.05) is 0 Å². The van der Waals surface area contributed by atoms with Gasteiger partial charge in [-0.15, -0.1) is 12.4 Å². The molecule has 7 heteroatoms. The average Bonchev–Trinajstić information content (AvgIpc) is 3.25. The Hall–Kier alpha value is -1.47. The Bertz CT molecular complexity index is 767. The summed E-state index contributed by atoms with van der Waals surface area (Å²) in [5, 5.41) is 4.22. The molecule has 1 aromatic carbocycles. The van der Waals surface area contributed by atoms with E-state index in [1.54, 1.807) is 0 Å². The van der Waals surface area contributed by atoms with Gasteiger partial charge in [-0.3, -0.25) is 4.90 Å². The molecule has 6 nitrogen and oxygen atoms in total. The summed E-state index contributed by atoms with van der Waals surface area (Å²) in [5.41, 5.74) is 2.42. The summed E-state index contributed by atoms with van der Waals surface area (Å²) in [6, 6.07) is 9.33. The summed E-state index contributed by atoms with van der Waals surface area (Å²) in [6.07, 6.45) is 8.96. The molecule has 0 spiro atoms. The third kappa shape index (κ3) is 7.01. The number of hydrogen-bond donors (Lipinski definition) is 0. The fourth-order valence-electron chi connectivity index (χ4n) is 4.70. The third-order valence-electron chi connectivity index (χ3n) is 6.80. The number of hydrogen-bond acceptors (Lipinski definition) is 6. The summed E-state index contributed by atoms with van der Waals surface area (Å²) >= 11 is 0. The van der Waals surface area contributed by atoms with Crippen molar-refractivity contribution in [2.75, 3.05) is 46.8 Å². The minimum atomic E-state index is 0. The maximum Gasteiger partial charge on any atom is 0.241 e. The Morgan fingerprint density at radius 1 is 1.03 bits per heavy atom. The van der Waals surface area contributed by atoms with Crippen molar-refractivity contribution in [3.05, 3.63) is 35.7 Å². The van der Waals surface area contributed by atoms with Crippen molar-refractivity contribution >= 4 is 12.4 Å². The van der Waals surface area contributed by atoms with Gasteiger partial charge in [-0.05, 0) is 51.9 Å². The molecular weight excluding hydrogens is 410 g/mol. The van der Waals surface area contributed by atoms with E-state index in [1.165, 1.54) is 76.8 Å². The SMILES string of the molecule is CN1CCN(CCCc2ccc(-c3noc(CN(C)C4CCCCC4)n3)cc2)CC1.Cl. The van der Waals surface area contributed by atoms with Gasteiger partial charge in [-0.25, -0.2) is 0 Å². The summed E-state index contributed by atoms with van der Waals surface area (Å²) in [6.45, 7) is 6.72. The van der Waals surface area contributed by atoms with Crippen molar-refractivity contribution in [2.24, 2.45) is 0 Å². The van der Waals surface area contributed by atoms with Gasteiger partial charge in [0.1, 0.15) is 0 Å². The van der Waals surface area contributed by atoms with E-state index in [0.717, 1.165) is 18.5 Å². The van der Waals surface area contributed by atoms with Gasteiger partial charge in [0.05, 0.1) is 6.54 Å². The van der Waals surface area contributed by atoms with E-state index in [-0.39, 0.29) is 12.4 Å². The van der Waals surface area contributed by atoms with Crippen LogP contribution in [0.2, 0.25) is 0 Å². The molecule has 0 amide bonds. The first-order valence-electron chi connectivity index (χ1n) is 11.7. The quantitative estimate of drug-likeness (QED) is 0.607. The van der Waals surface area contributed by atoms with Gasteiger partial charge in [-0.1, -0.05) is 48.7 Å². The minimum absolute atomic E-state index is 0. The smallest absolute Gasteiger partial charge is 0.241 e. The van der Waals surface area contributed by atoms with Gasteiger partial charge in [0.15, 0.2) is 0 Å². The Balaban J connectivity index is 0.00000272. The molecule has 31 heavy (non-hydrogen) atoms. The zero-order valence-electron chi connectivity index (χ0n) is 19.1. The second-order valence-corrected chi connectivity index (χ2v) is 9.16. The Kier molecular flexibility index (Phi) is 9.32. The molecule has 1 aliphatic heterocycles. The lowest BCUT2D eigenvalue weighted by Crippen LogP contribution is -2.44. The number of aryl methyl sites for hydroxylation is 1. The third-order valence-corrected chi connectivity index (χ3v) is 6.80. The van der Waals surface area contributed by atoms with E-state index in [0.29, 0.717) is 17.8 Å². The Morgan fingerprint density at radius 3 is 2.45 bits per heavy atom. The molecule has 2 aromatic rings. The van der Waals surface area contributed by atoms with Crippen molar-refractivity contribution in [3.8, 4) is 11.4 Å². The van der Waals surface area contributed by atoms with E-state index in [9.17, 15) is 0 Å². The zero-order chi connectivity index (χ0) is 20.8. The highest BCUT2D eigenvalue weighted by Gasteiger charge is 2.20. The first-order chi connectivity index (χ1) is 14.7. The topological polar surface area (TPSA) is 48.6 Å². The highest BCUT2D eigenvalue weighted by Crippen LogP contribution is 2.23. The second-order valence-electron chi connectivity index (χ2n) is 9.16. The predicted octanol–water partition coefficient (Wildman–Crippen LogP) is 4.10. The molecule has 1 saturated heterocycles. The molecule has 1 aliphatic carbocycles. The van der Waals surface area contributed by atoms with Gasteiger partial charge in [0, 0.05) is 37.8 Å². The molecule has 0 atom stereocenters. The van der Waals surface area contributed by atoms with Crippen LogP contribution in [0.25, 0.3) is 11.4 Å². The number of aromatic nitrogens is 2. The molecule has 0 radical (unpaired) electrons. The highest BCUT2D eigenvalue weighted by atomic mass is 35.5. The monoisotopic (exact) mass is 447 g/mol. The number of likely N-dealkylation sites (N-methyl/N-ethyl adjacent to an activating group) is 1. The maximum atomic E-state index is 5.54. The fourth-order valence-corrected chi connectivity index (χ4v) is 4.70. The lowest BCUT2D eigenvalue weighted by molar-refractivity contribution is 0.153. The first-order valence-corrected chi connectivity index (χ1v) is 11.7. The van der Waals surface area contributed by atoms with Crippen LogP contribution < -0.4 is 0 Å². The largest absolute Gasteiger partial charge is 0.338 e. The van der Waals surface area contributed by atoms with Crippen LogP contribution in [0.5, 0.6) is 0 Å². The molecular formula is C24H38ClN5O. The van der Waals surface area contributed by atoms with E-state index < -0.39 is 0 Å². The highest BCUT2D eigenvalue weighted by molar-refractivity contribution is 5.85. The second kappa shape index (κ2) is 12.0. The van der Waals surface area contributed by atoms with Crippen molar-refractivity contribution in [1.29, 1.82) is 0 Å². The lowest BCUT2D eigenvalue weighted by atomic mass is 9.94. The van der Waals surface area contributed by atoms with Crippen molar-refractivity contribution in [1.82, 2.24) is 24.8 Å². The van der Waals surface area contributed by atoms with Crippen molar-refractivity contribution < 1.29 is 4.52 Å². The van der Waals surface area contributed by atoms with Crippen LogP contribution >= 0.6 is 12.4 Å². The molecule has 0 N–H and O–H groups in total. The van der Waals surface area contributed by atoms with Crippen LogP contribution in [-0.2, 0) is 13.0 Å². The number of rotatable bonds is 8. The molecule has 2 fully saturated rings. The molecule has 4 rings (SSSR count). The summed E-state index contributed by atoms with van der Waals surface area (Å²) < 4.78 is 5.54. The van der Waals surface area contributed by atoms with E-state index in [4.69, 9.17) is 4.52 Å². The van der Waals surface area contributed by atoms with Crippen LogP contribution in [0.3, 0.4) is 0 Å². The molecule has 1 saturated carbocycles. The number of nitrogens with zero attached hydrogens (tertiary/aromatic N) is 5. The molecule has 2 heterocycles. The summed E-state index contributed by atoms with van der Waals surface area (Å²) in [4.78, 5) is 12.0. The zero-order valence-corrected chi connectivity index (χ0v) is 19.9. The maximum absolute atomic E-state index is 5.54. The van der Waals surface area contributed by atoms with Crippen molar-refractivity contribution in [2.45, 2.75) is 57.5 Å². The minimum Gasteiger partial charge on any atom is -0.338 e. The van der Waals surface area contributed by atoms with Gasteiger partial charge in [-0.2, -0.15) is 4.98 Å². The summed E-state index contributed by atoms with van der Waals surface area (Å²) in [7, 11) is 4.39. The van der Waals surface area contributed by atoms with Crippen LogP contribution in [0, 0.1) is 0 Å². The predicted molar refractivity (Wildman–Crippen MR) is 128 cm³/mol. The van der Waals surface area contributed by atoms with Crippen LogP contribution in [0.15, 0.2) is 28.8 Å². The normalized spacial score (nSPS) is 18.9. The van der Waals surface area contributed by atoms with E-state index in [2.05, 4.69) is 63.2 Å². The van der Waals surface area contributed by atoms with Crippen LogP contribution in [-0.4, -0.2) is 77.7 Å². The Morgan fingerprint density at radius 2 is 1.74 bits per heavy atom. The molecule has 2 aliphatic rings. The molecule has 0 bridgehead atoms. The first kappa shape index (κ1) is 24.2. The standard InChI is InChI=1S/C24H37N5O.ClH/c1-27-15-17-29(18-16-27)14-6-7-20-10-12-21(13-11-20)24-25-23(30-26-24)19-28(2)22-8-4-3-5-9-22;/h10-13,22H,3-9,14-19H2,1-2H3;1H. The van der Waals surface area contributed by atoms with Gasteiger partial charge < -0.3 is 14.3 Å². The van der Waals surface area contributed by atoms with E-state index >= 15 is 0 Å². The van der Waals surface area contributed by atoms with Gasteiger partial charge in [0.25, 0.3) is 0 Å². The number of benzene rings is 1. The van der Waals surface area contributed by atoms with Crippen molar-refractivity contribution in [3.63, 3.8) is 0 Å². The molecule has 1 aromatic heterocycles. The van der Waals surface area contributed by atoms with Crippen LogP contribution in [0.4, 0.5) is 0 Å². The molecule has 172 valence electrons. The fraction of sp³-hybridized carbons (Fsp3) is 0.667. The van der Waals surface area contributed by atoms with Crippen LogP contribution in [0.1, 0.15) is 50.0 Å². The molecule has 0 unspecified atom stereocenters. The number of piperazine rings is 1. The van der Waals surface area contributed by atoms with Gasteiger partial charge in [0.2, 0.25) is 11.7 Å². The average molecular weight is 448 g/mol.